The van der Waals surface area contributed by atoms with Crippen LogP contribution in [0.4, 0.5) is 4.79 Å². The van der Waals surface area contributed by atoms with Gasteiger partial charge in [-0.05, 0) is 27.2 Å². The third-order valence-corrected chi connectivity index (χ3v) is 1.93. The molecule has 0 saturated heterocycles. The monoisotopic (exact) mass is 247 g/mol. The molecule has 1 amide bonds. The van der Waals surface area contributed by atoms with Gasteiger partial charge >= 0.3 is 12.1 Å². The van der Waals surface area contributed by atoms with E-state index in [9.17, 15) is 9.59 Å². The van der Waals surface area contributed by atoms with Gasteiger partial charge in [-0.2, -0.15) is 0 Å². The third-order valence-electron chi connectivity index (χ3n) is 1.93. The summed E-state index contributed by atoms with van der Waals surface area (Å²) in [7, 11) is 1.33. The van der Waals surface area contributed by atoms with Gasteiger partial charge in [0.25, 0.3) is 0 Å². The van der Waals surface area contributed by atoms with Crippen molar-refractivity contribution in [1.82, 2.24) is 5.32 Å². The first-order chi connectivity index (χ1) is 7.76. The van der Waals surface area contributed by atoms with Crippen molar-refractivity contribution < 1.29 is 24.8 Å². The molecule has 0 heterocycles. The summed E-state index contributed by atoms with van der Waals surface area (Å²) in [5.74, 6) is -0.331. The van der Waals surface area contributed by atoms with Crippen LogP contribution in [-0.4, -0.2) is 37.4 Å². The maximum atomic E-state index is 11.3. The van der Waals surface area contributed by atoms with Gasteiger partial charge in [0.05, 0.1) is 7.11 Å². The van der Waals surface area contributed by atoms with Crippen molar-refractivity contribution in [3.8, 4) is 0 Å². The largest absolute Gasteiger partial charge is 0.465 e. The van der Waals surface area contributed by atoms with Crippen LogP contribution in [-0.2, 0) is 14.3 Å². The van der Waals surface area contributed by atoms with E-state index >= 15 is 0 Å². The molecule has 0 spiro atoms. The van der Waals surface area contributed by atoms with E-state index in [1.165, 1.54) is 7.11 Å². The second-order valence-corrected chi connectivity index (χ2v) is 4.79. The van der Waals surface area contributed by atoms with Crippen molar-refractivity contribution in [2.24, 2.45) is 0 Å². The Bertz CT molecular complexity index is 261. The van der Waals surface area contributed by atoms with Gasteiger partial charge in [-0.1, -0.05) is 0 Å². The van der Waals surface area contributed by atoms with E-state index in [4.69, 9.17) is 4.74 Å². The fraction of sp³-hybridized carbons (Fsp3) is 0.818. The van der Waals surface area contributed by atoms with Gasteiger partial charge in [-0.3, -0.25) is 0 Å². The molecule has 0 aliphatic carbocycles. The van der Waals surface area contributed by atoms with E-state index in [-0.39, 0.29) is 12.0 Å². The highest BCUT2D eigenvalue weighted by molar-refractivity contribution is 5.73. The van der Waals surface area contributed by atoms with E-state index in [2.05, 4.69) is 15.8 Å². The molecule has 0 aromatic carbocycles. The molecule has 0 saturated carbocycles. The number of ether oxygens (including phenoxy) is 2. The molecule has 4 N–H and O–H groups in total. The highest BCUT2D eigenvalue weighted by atomic mass is 16.6. The molecule has 6 nitrogen and oxygen atoms in total. The minimum absolute atomic E-state index is 0.331. The van der Waals surface area contributed by atoms with Gasteiger partial charge in [-0.25, -0.2) is 9.59 Å². The molecule has 0 unspecified atom stereocenters. The van der Waals surface area contributed by atoms with Gasteiger partial charge in [0.2, 0.25) is 0 Å². The number of amides is 1. The first-order valence-electron chi connectivity index (χ1n) is 5.64. The number of methoxy groups -OCH3 is 1. The lowest BCUT2D eigenvalue weighted by atomic mass is 10.2. The van der Waals surface area contributed by atoms with E-state index in [0.717, 1.165) is 0 Å². The smallest absolute Gasteiger partial charge is 0.407 e. The lowest BCUT2D eigenvalue weighted by Gasteiger charge is -2.19. The molecule has 0 aromatic heterocycles. The number of hydrogen-bond acceptors (Lipinski definition) is 4. The number of quaternary nitrogens is 1. The molecule has 0 fully saturated rings. The first-order valence-corrected chi connectivity index (χ1v) is 5.64. The standard InChI is InChI=1S/C11H22N2O4/c1-11(2,3)17-10(15)13-7-5-6-8(12)9(14)16-4/h8H,5-7,12H2,1-4H3,(H,13,15)/p+1/t8-/m0/s1. The van der Waals surface area contributed by atoms with Crippen molar-refractivity contribution in [2.75, 3.05) is 13.7 Å². The molecule has 0 aliphatic rings. The Hall–Kier alpha value is -1.30. The summed E-state index contributed by atoms with van der Waals surface area (Å²) in [4.78, 5) is 22.3. The summed E-state index contributed by atoms with van der Waals surface area (Å²) in [6, 6.07) is -0.388. The van der Waals surface area contributed by atoms with Crippen LogP contribution in [0.1, 0.15) is 33.6 Å². The molecule has 17 heavy (non-hydrogen) atoms. The average molecular weight is 247 g/mol. The lowest BCUT2D eigenvalue weighted by molar-refractivity contribution is -0.409. The number of esters is 1. The van der Waals surface area contributed by atoms with Crippen LogP contribution >= 0.6 is 0 Å². The summed E-state index contributed by atoms with van der Waals surface area (Å²) in [6.45, 7) is 5.86. The maximum absolute atomic E-state index is 11.3. The van der Waals surface area contributed by atoms with Gasteiger partial charge < -0.3 is 20.5 Å². The molecule has 0 rings (SSSR count). The Balaban J connectivity index is 3.65. The molecule has 0 radical (unpaired) electrons. The summed E-state index contributed by atoms with van der Waals surface area (Å²) in [6.07, 6.45) is 0.779. The van der Waals surface area contributed by atoms with Gasteiger partial charge in [0, 0.05) is 13.0 Å². The van der Waals surface area contributed by atoms with Crippen LogP contribution in [0.2, 0.25) is 0 Å². The van der Waals surface area contributed by atoms with Crippen LogP contribution in [0.25, 0.3) is 0 Å². The topological polar surface area (TPSA) is 92.3 Å². The highest BCUT2D eigenvalue weighted by Gasteiger charge is 2.18. The fourth-order valence-electron chi connectivity index (χ4n) is 1.14. The number of rotatable bonds is 5. The van der Waals surface area contributed by atoms with Gasteiger partial charge in [-0.15, -0.1) is 0 Å². The number of carbonyl (C=O) groups is 2. The normalized spacial score (nSPS) is 12.8. The van der Waals surface area contributed by atoms with Crippen molar-refractivity contribution >= 4 is 12.1 Å². The number of carbonyl (C=O) groups excluding carboxylic acids is 2. The Labute approximate surface area is 102 Å². The number of nitrogens with one attached hydrogen (secondary N) is 1. The molecular formula is C11H23N2O4+. The van der Waals surface area contributed by atoms with Crippen LogP contribution in [0.5, 0.6) is 0 Å². The first kappa shape index (κ1) is 15.7. The average Bonchev–Trinajstić information content (AvgIpc) is 2.20. The van der Waals surface area contributed by atoms with E-state index in [1.54, 1.807) is 20.8 Å². The van der Waals surface area contributed by atoms with Crippen LogP contribution in [0.15, 0.2) is 0 Å². The SMILES string of the molecule is COC(=O)[C@@H]([NH3+])CCCNC(=O)OC(C)(C)C. The third kappa shape index (κ3) is 8.50. The number of alkyl carbamates (subject to hydrolysis) is 1. The summed E-state index contributed by atoms with van der Waals surface area (Å²) < 4.78 is 9.60. The van der Waals surface area contributed by atoms with Crippen LogP contribution in [0.3, 0.4) is 0 Å². The fourth-order valence-corrected chi connectivity index (χ4v) is 1.14. The summed E-state index contributed by atoms with van der Waals surface area (Å²) >= 11 is 0. The van der Waals surface area contributed by atoms with Crippen LogP contribution < -0.4 is 11.1 Å². The second-order valence-electron chi connectivity index (χ2n) is 4.79. The minimum Gasteiger partial charge on any atom is -0.465 e. The summed E-state index contributed by atoms with van der Waals surface area (Å²) in [5, 5.41) is 2.61. The second kappa shape index (κ2) is 7.11. The molecule has 0 aromatic rings. The molecule has 100 valence electrons. The van der Waals surface area contributed by atoms with Crippen molar-refractivity contribution in [3.05, 3.63) is 0 Å². The minimum atomic E-state index is -0.495. The molecule has 6 heteroatoms. The zero-order valence-corrected chi connectivity index (χ0v) is 11.0. The van der Waals surface area contributed by atoms with Crippen molar-refractivity contribution in [3.63, 3.8) is 0 Å². The Morgan fingerprint density at radius 1 is 1.35 bits per heavy atom. The van der Waals surface area contributed by atoms with E-state index < -0.39 is 11.7 Å². The zero-order chi connectivity index (χ0) is 13.5. The Kier molecular flexibility index (Phi) is 6.57. The van der Waals surface area contributed by atoms with Crippen LogP contribution in [0, 0.1) is 0 Å². The lowest BCUT2D eigenvalue weighted by Crippen LogP contribution is -2.65. The molecule has 1 atom stereocenters. The molecular weight excluding hydrogens is 224 g/mol. The van der Waals surface area contributed by atoms with Gasteiger partial charge in [0.1, 0.15) is 5.60 Å². The zero-order valence-electron chi connectivity index (χ0n) is 11.0. The predicted octanol–water partition coefficient (Wildman–Crippen LogP) is 0.0748. The van der Waals surface area contributed by atoms with Crippen molar-refractivity contribution in [2.45, 2.75) is 45.3 Å². The number of hydrogen-bond donors (Lipinski definition) is 2. The molecule has 0 aliphatic heterocycles. The van der Waals surface area contributed by atoms with E-state index in [0.29, 0.717) is 19.4 Å². The van der Waals surface area contributed by atoms with Gasteiger partial charge in [0.15, 0.2) is 6.04 Å². The van der Waals surface area contributed by atoms with E-state index in [1.807, 2.05) is 0 Å². The Morgan fingerprint density at radius 2 is 1.94 bits per heavy atom. The maximum Gasteiger partial charge on any atom is 0.407 e. The summed E-state index contributed by atoms with van der Waals surface area (Å²) in [5.41, 5.74) is 3.17. The van der Waals surface area contributed by atoms with Crippen molar-refractivity contribution in [1.29, 1.82) is 0 Å². The Morgan fingerprint density at radius 3 is 2.41 bits per heavy atom. The highest BCUT2D eigenvalue weighted by Crippen LogP contribution is 2.06. The molecule has 0 bridgehead atoms. The quantitative estimate of drug-likeness (QED) is 0.531. The predicted molar refractivity (Wildman–Crippen MR) is 62.2 cm³/mol.